The maximum atomic E-state index is 12.3. The Morgan fingerprint density at radius 3 is 1.88 bits per heavy atom. The van der Waals surface area contributed by atoms with Gasteiger partial charge in [0.05, 0.1) is 24.5 Å². The second-order valence-electron chi connectivity index (χ2n) is 13.6. The van der Waals surface area contributed by atoms with E-state index >= 15 is 0 Å². The van der Waals surface area contributed by atoms with Gasteiger partial charge < -0.3 is 31.6 Å². The van der Waals surface area contributed by atoms with Gasteiger partial charge >= 0.3 is 5.97 Å². The number of carboxylic acids is 1. The van der Waals surface area contributed by atoms with Crippen molar-refractivity contribution in [1.82, 2.24) is 0 Å². The van der Waals surface area contributed by atoms with Crippen molar-refractivity contribution in [3.8, 4) is 17.2 Å². The van der Waals surface area contributed by atoms with E-state index in [4.69, 9.17) is 14.5 Å². The van der Waals surface area contributed by atoms with Gasteiger partial charge in [-0.1, -0.05) is 91.0 Å². The molecule has 2 aliphatic rings. The largest absolute Gasteiger partial charge is 1.00 e. The highest BCUT2D eigenvalue weighted by Gasteiger charge is 2.44. The first kappa shape index (κ1) is 38.5. The molecule has 6 aromatic carbocycles. The molecule has 1 N–H and O–H groups in total. The average Bonchev–Trinajstić information content (AvgIpc) is 3.25. The Labute approximate surface area is 338 Å². The van der Waals surface area contributed by atoms with Gasteiger partial charge in [0, 0.05) is 29.0 Å². The molecule has 0 radical (unpaired) electrons. The van der Waals surface area contributed by atoms with E-state index in [2.05, 4.69) is 121 Å². The molecule has 0 spiro atoms. The number of halogens is 1. The predicted molar refractivity (Wildman–Crippen MR) is 227 cm³/mol. The summed E-state index contributed by atoms with van der Waals surface area (Å²) in [4.78, 5) is 17.3. The van der Waals surface area contributed by atoms with Crippen molar-refractivity contribution in [2.45, 2.75) is 12.8 Å². The van der Waals surface area contributed by atoms with Crippen LogP contribution in [0.1, 0.15) is 34.3 Å². The maximum Gasteiger partial charge on any atom is 0.336 e. The summed E-state index contributed by atoms with van der Waals surface area (Å²) in [6, 6.07) is 52.0. The Morgan fingerprint density at radius 2 is 1.27 bits per heavy atom. The van der Waals surface area contributed by atoms with E-state index in [0.717, 1.165) is 58.4 Å². The van der Waals surface area contributed by atoms with Crippen LogP contribution in [0.5, 0.6) is 17.2 Å². The summed E-state index contributed by atoms with van der Waals surface area (Å²) in [6.07, 6.45) is 11.5. The van der Waals surface area contributed by atoms with Gasteiger partial charge in [-0.05, 0) is 108 Å². The van der Waals surface area contributed by atoms with E-state index in [9.17, 15) is 9.90 Å². The molecule has 0 saturated heterocycles. The maximum absolute atomic E-state index is 12.3. The fraction of sp³-hybridized carbons (Fsp3) is 0.102. The SMILES string of the molecule is COc1ccc2c(c1)Oc1cc(=C3C=CC(=NCCCC[P+](c4ccccc4)(c4ccccc4)c4ccccc4)C=C3)ccc1=C2c1ccccc1C(=O)O.[Br-]. The minimum absolute atomic E-state index is 0. The molecule has 278 valence electrons. The topological polar surface area (TPSA) is 68.1 Å². The number of allylic oxidation sites excluding steroid dienone is 4. The molecule has 7 heteroatoms. The van der Waals surface area contributed by atoms with Gasteiger partial charge in [-0.3, -0.25) is 4.99 Å². The monoisotopic (exact) mass is 817 g/mol. The molecule has 0 atom stereocenters. The summed E-state index contributed by atoms with van der Waals surface area (Å²) >= 11 is 0. The Balaban J connectivity index is 0.00000480. The van der Waals surface area contributed by atoms with Crippen LogP contribution in [-0.2, 0) is 0 Å². The molecule has 1 heterocycles. The van der Waals surface area contributed by atoms with Gasteiger partial charge in [0.25, 0.3) is 0 Å². The second-order valence-corrected chi connectivity index (χ2v) is 17.2. The third-order valence-electron chi connectivity index (χ3n) is 10.3. The number of fused-ring (bicyclic) bond motifs is 2. The number of carboxylic acid groups (broad SMARTS) is 1. The normalized spacial score (nSPS) is 12.9. The lowest BCUT2D eigenvalue weighted by atomic mass is 9.89. The highest BCUT2D eigenvalue weighted by atomic mass is 79.9. The summed E-state index contributed by atoms with van der Waals surface area (Å²) in [7, 11) is -0.234. The van der Waals surface area contributed by atoms with Crippen LogP contribution in [0.3, 0.4) is 0 Å². The van der Waals surface area contributed by atoms with Crippen molar-refractivity contribution in [3.05, 3.63) is 203 Å². The van der Waals surface area contributed by atoms with Gasteiger partial charge in [-0.2, -0.15) is 0 Å². The minimum atomic E-state index is -1.85. The molecule has 0 amide bonds. The number of rotatable bonds is 11. The van der Waals surface area contributed by atoms with Crippen LogP contribution in [0.2, 0.25) is 0 Å². The zero-order chi connectivity index (χ0) is 37.6. The quantitative estimate of drug-likeness (QED) is 0.143. The smallest absolute Gasteiger partial charge is 0.336 e. The predicted octanol–water partition coefficient (Wildman–Crippen LogP) is 5.24. The lowest BCUT2D eigenvalue weighted by Crippen LogP contribution is -3.00. The van der Waals surface area contributed by atoms with Crippen molar-refractivity contribution in [1.29, 1.82) is 0 Å². The van der Waals surface area contributed by atoms with Crippen LogP contribution in [0.15, 0.2) is 181 Å². The molecule has 0 aromatic heterocycles. The van der Waals surface area contributed by atoms with Crippen LogP contribution in [-0.4, -0.2) is 36.6 Å². The number of methoxy groups -OCH3 is 1. The summed E-state index contributed by atoms with van der Waals surface area (Å²) in [5, 5.41) is 16.1. The molecule has 0 fully saturated rings. The highest BCUT2D eigenvalue weighted by Crippen LogP contribution is 2.56. The lowest BCUT2D eigenvalue weighted by molar-refractivity contribution is -0.0000268. The third-order valence-corrected chi connectivity index (χ3v) is 14.9. The van der Waals surface area contributed by atoms with Gasteiger partial charge in [0.2, 0.25) is 0 Å². The molecule has 1 aliphatic heterocycles. The van der Waals surface area contributed by atoms with Crippen LogP contribution < -0.4 is 52.8 Å². The molecule has 0 unspecified atom stereocenters. The molecule has 6 aromatic rings. The average molecular weight is 819 g/mol. The molecular weight excluding hydrogens is 777 g/mol. The van der Waals surface area contributed by atoms with Crippen molar-refractivity contribution in [2.24, 2.45) is 4.99 Å². The van der Waals surface area contributed by atoms with E-state index in [1.807, 2.05) is 42.5 Å². The summed E-state index contributed by atoms with van der Waals surface area (Å²) < 4.78 is 12.0. The molecular formula is C49H41BrNO4P. The number of ether oxygens (including phenoxy) is 2. The van der Waals surface area contributed by atoms with E-state index in [-0.39, 0.29) is 22.5 Å². The number of aliphatic imine (C=N–C) groups is 1. The number of hydrogen-bond donors (Lipinski definition) is 1. The van der Waals surface area contributed by atoms with Crippen molar-refractivity contribution in [2.75, 3.05) is 19.8 Å². The first-order valence-electron chi connectivity index (χ1n) is 18.6. The molecule has 1 aliphatic carbocycles. The summed E-state index contributed by atoms with van der Waals surface area (Å²) in [5.41, 5.74) is 4.49. The van der Waals surface area contributed by atoms with Crippen LogP contribution in [0, 0.1) is 0 Å². The standard InChI is InChI=1S/C49H40NO4P.BrH/c1-53-38-28-30-45-47(34-38)54-46-33-36(25-29-44(46)48(45)42-21-11-12-22-43(42)49(51)52)35-23-26-37(27-24-35)50-31-13-14-32-55(39-15-5-2-6-16-39,40-17-7-3-8-18-40)41-19-9-4-10-20-41;/h2-12,15-30,33-34H,13-14,31-32H2,1H3;1H. The first-order chi connectivity index (χ1) is 27.0. The van der Waals surface area contributed by atoms with E-state index < -0.39 is 13.2 Å². The zero-order valence-corrected chi connectivity index (χ0v) is 33.5. The Hall–Kier alpha value is -5.81. The Kier molecular flexibility index (Phi) is 11.9. The molecule has 5 nitrogen and oxygen atoms in total. The Morgan fingerprint density at radius 1 is 0.661 bits per heavy atom. The summed E-state index contributed by atoms with van der Waals surface area (Å²) in [5.74, 6) is 0.953. The Bertz CT molecular complexity index is 2470. The number of nitrogens with zero attached hydrogens (tertiary/aromatic N) is 1. The van der Waals surface area contributed by atoms with Gasteiger partial charge in [0.1, 0.15) is 40.4 Å². The third kappa shape index (κ3) is 7.68. The fourth-order valence-electron chi connectivity index (χ4n) is 7.66. The summed E-state index contributed by atoms with van der Waals surface area (Å²) in [6.45, 7) is 0.754. The number of hydrogen-bond acceptors (Lipinski definition) is 4. The zero-order valence-electron chi connectivity index (χ0n) is 31.0. The fourth-order valence-corrected chi connectivity index (χ4v) is 12.1. The van der Waals surface area contributed by atoms with Crippen molar-refractivity contribution in [3.63, 3.8) is 0 Å². The van der Waals surface area contributed by atoms with Crippen LogP contribution in [0.4, 0.5) is 0 Å². The van der Waals surface area contributed by atoms with Crippen LogP contribution in [0.25, 0.3) is 11.1 Å². The molecule has 8 rings (SSSR count). The van der Waals surface area contributed by atoms with Crippen LogP contribution >= 0.6 is 7.26 Å². The van der Waals surface area contributed by atoms with E-state index in [1.165, 1.54) is 15.9 Å². The highest BCUT2D eigenvalue weighted by molar-refractivity contribution is 7.95. The number of unbranched alkanes of at least 4 members (excludes halogenated alkanes) is 1. The number of benzene rings is 6. The van der Waals surface area contributed by atoms with Gasteiger partial charge in [0.15, 0.2) is 0 Å². The number of aromatic carboxylic acids is 1. The van der Waals surface area contributed by atoms with Crippen molar-refractivity contribution >= 4 is 46.0 Å². The molecule has 0 saturated carbocycles. The second kappa shape index (κ2) is 17.3. The first-order valence-corrected chi connectivity index (χ1v) is 20.6. The molecule has 0 bridgehead atoms. The van der Waals surface area contributed by atoms with Gasteiger partial charge in [-0.25, -0.2) is 4.79 Å². The minimum Gasteiger partial charge on any atom is -1.00 e. The number of carbonyl (C=O) groups is 1. The van der Waals surface area contributed by atoms with Gasteiger partial charge in [-0.15, -0.1) is 0 Å². The van der Waals surface area contributed by atoms with E-state index in [0.29, 0.717) is 22.8 Å². The molecule has 56 heavy (non-hydrogen) atoms. The lowest BCUT2D eigenvalue weighted by Gasteiger charge is -2.27. The van der Waals surface area contributed by atoms with E-state index in [1.54, 1.807) is 19.2 Å². The van der Waals surface area contributed by atoms with Crippen molar-refractivity contribution < 1.29 is 36.4 Å².